The van der Waals surface area contributed by atoms with Gasteiger partial charge in [-0.15, -0.1) is 0 Å². The monoisotopic (exact) mass is 377 g/mol. The maximum atomic E-state index is 5.37. The second-order valence-electron chi connectivity index (χ2n) is 6.63. The number of anilines is 1. The predicted octanol–water partition coefficient (Wildman–Crippen LogP) is 3.61. The summed E-state index contributed by atoms with van der Waals surface area (Å²) >= 11 is 0. The minimum atomic E-state index is 0.316. The van der Waals surface area contributed by atoms with Gasteiger partial charge in [0, 0.05) is 24.8 Å². The molecule has 3 aromatic rings. The molecule has 0 N–H and O–H groups in total. The van der Waals surface area contributed by atoms with E-state index in [-0.39, 0.29) is 0 Å². The molecular formula is C21H23N5O2. The van der Waals surface area contributed by atoms with Gasteiger partial charge in [-0.1, -0.05) is 30.3 Å². The summed E-state index contributed by atoms with van der Waals surface area (Å²) in [7, 11) is 3.15. The van der Waals surface area contributed by atoms with Crippen molar-refractivity contribution < 1.29 is 9.47 Å². The molecule has 0 unspecified atom stereocenters. The molecule has 0 radical (unpaired) electrons. The maximum Gasteiger partial charge on any atom is 0.318 e. The molecule has 1 aromatic carbocycles. The van der Waals surface area contributed by atoms with Crippen LogP contribution in [0.2, 0.25) is 0 Å². The molecule has 1 aliphatic rings. The van der Waals surface area contributed by atoms with Crippen LogP contribution in [0.5, 0.6) is 12.0 Å². The second kappa shape index (κ2) is 8.21. The fourth-order valence-corrected chi connectivity index (χ4v) is 3.39. The van der Waals surface area contributed by atoms with Crippen molar-refractivity contribution in [1.29, 1.82) is 0 Å². The van der Waals surface area contributed by atoms with Gasteiger partial charge in [-0.25, -0.2) is 4.98 Å². The van der Waals surface area contributed by atoms with Crippen LogP contribution in [0.25, 0.3) is 22.5 Å². The molecule has 0 aliphatic carbocycles. The summed E-state index contributed by atoms with van der Waals surface area (Å²) in [6.07, 6.45) is 5.31. The fourth-order valence-electron chi connectivity index (χ4n) is 3.39. The number of methoxy groups -OCH3 is 2. The van der Waals surface area contributed by atoms with E-state index in [9.17, 15) is 0 Å². The van der Waals surface area contributed by atoms with E-state index in [1.165, 1.54) is 6.42 Å². The van der Waals surface area contributed by atoms with Gasteiger partial charge in [0.2, 0.25) is 0 Å². The molecule has 1 saturated heterocycles. The van der Waals surface area contributed by atoms with Crippen molar-refractivity contribution in [3.63, 3.8) is 0 Å². The fraction of sp³-hybridized carbons (Fsp3) is 0.333. The van der Waals surface area contributed by atoms with Gasteiger partial charge in [0.05, 0.1) is 31.2 Å². The van der Waals surface area contributed by atoms with Crippen LogP contribution in [-0.2, 0) is 0 Å². The Kier molecular flexibility index (Phi) is 5.32. The number of piperidine rings is 1. The van der Waals surface area contributed by atoms with Gasteiger partial charge in [0.25, 0.3) is 0 Å². The molecule has 3 heterocycles. The average molecular weight is 377 g/mol. The second-order valence-corrected chi connectivity index (χ2v) is 6.63. The number of ether oxygens (including phenoxy) is 2. The van der Waals surface area contributed by atoms with Crippen molar-refractivity contribution >= 4 is 5.82 Å². The first-order valence-electron chi connectivity index (χ1n) is 9.43. The molecule has 0 atom stereocenters. The third kappa shape index (κ3) is 3.74. The topological polar surface area (TPSA) is 73.3 Å². The standard InChI is InChI=1S/C21H23N5O2/c1-27-20-22-14-16(19(25-20)26-11-7-4-8-12-26)18-13-17(23-21(24-18)28-2)15-9-5-3-6-10-15/h3,5-6,9-10,13-14H,4,7-8,11-12H2,1-2H3. The highest BCUT2D eigenvalue weighted by atomic mass is 16.5. The Morgan fingerprint density at radius 2 is 1.54 bits per heavy atom. The van der Waals surface area contributed by atoms with E-state index in [2.05, 4.69) is 24.8 Å². The SMILES string of the molecule is COc1nc(-c2ccccc2)cc(-c2cnc(OC)nc2N2CCCCC2)n1. The number of benzene rings is 1. The Hall–Kier alpha value is -3.22. The van der Waals surface area contributed by atoms with Gasteiger partial charge >= 0.3 is 12.0 Å². The van der Waals surface area contributed by atoms with E-state index < -0.39 is 0 Å². The van der Waals surface area contributed by atoms with E-state index >= 15 is 0 Å². The van der Waals surface area contributed by atoms with Crippen LogP contribution in [0.1, 0.15) is 19.3 Å². The van der Waals surface area contributed by atoms with E-state index in [0.29, 0.717) is 12.0 Å². The van der Waals surface area contributed by atoms with Crippen LogP contribution in [-0.4, -0.2) is 47.2 Å². The molecule has 0 bridgehead atoms. The summed E-state index contributed by atoms with van der Waals surface area (Å²) in [6, 6.07) is 12.6. The Morgan fingerprint density at radius 3 is 2.25 bits per heavy atom. The molecule has 7 heteroatoms. The number of aromatic nitrogens is 4. The lowest BCUT2D eigenvalue weighted by atomic mass is 10.1. The molecular weight excluding hydrogens is 354 g/mol. The summed E-state index contributed by atoms with van der Waals surface area (Å²) in [5.41, 5.74) is 3.37. The number of hydrogen-bond acceptors (Lipinski definition) is 7. The van der Waals surface area contributed by atoms with Crippen LogP contribution in [0.15, 0.2) is 42.6 Å². The van der Waals surface area contributed by atoms with Gasteiger partial charge < -0.3 is 14.4 Å². The van der Waals surface area contributed by atoms with Gasteiger partial charge in [-0.2, -0.15) is 15.0 Å². The first-order chi connectivity index (χ1) is 13.8. The van der Waals surface area contributed by atoms with E-state index in [4.69, 9.17) is 9.47 Å². The van der Waals surface area contributed by atoms with E-state index in [1.807, 2.05) is 36.4 Å². The number of rotatable bonds is 5. The summed E-state index contributed by atoms with van der Waals surface area (Å²) in [5.74, 6) is 0.839. The molecule has 7 nitrogen and oxygen atoms in total. The highest BCUT2D eigenvalue weighted by molar-refractivity contribution is 5.76. The van der Waals surface area contributed by atoms with Crippen LogP contribution < -0.4 is 14.4 Å². The van der Waals surface area contributed by atoms with Gasteiger partial charge in [-0.05, 0) is 25.3 Å². The van der Waals surface area contributed by atoms with Crippen LogP contribution >= 0.6 is 0 Å². The first-order valence-corrected chi connectivity index (χ1v) is 9.43. The smallest absolute Gasteiger partial charge is 0.318 e. The molecule has 28 heavy (non-hydrogen) atoms. The Morgan fingerprint density at radius 1 is 0.821 bits per heavy atom. The van der Waals surface area contributed by atoms with Gasteiger partial charge in [0.15, 0.2) is 0 Å². The Balaban J connectivity index is 1.84. The molecule has 4 rings (SSSR count). The maximum absolute atomic E-state index is 5.37. The molecule has 2 aromatic heterocycles. The molecule has 0 saturated carbocycles. The van der Waals surface area contributed by atoms with Crippen LogP contribution in [0, 0.1) is 0 Å². The Labute approximate surface area is 164 Å². The zero-order valence-corrected chi connectivity index (χ0v) is 16.1. The molecule has 1 fully saturated rings. The van der Waals surface area contributed by atoms with Crippen LogP contribution in [0.3, 0.4) is 0 Å². The first kappa shape index (κ1) is 18.2. The van der Waals surface area contributed by atoms with Gasteiger partial charge in [-0.3, -0.25) is 0 Å². The molecule has 0 spiro atoms. The van der Waals surface area contributed by atoms with Crippen LogP contribution in [0.4, 0.5) is 5.82 Å². The predicted molar refractivity (Wildman–Crippen MR) is 108 cm³/mol. The highest BCUT2D eigenvalue weighted by Crippen LogP contribution is 2.33. The van der Waals surface area contributed by atoms with Crippen molar-refractivity contribution in [2.24, 2.45) is 0 Å². The van der Waals surface area contributed by atoms with Crippen molar-refractivity contribution in [2.75, 3.05) is 32.2 Å². The molecule has 0 amide bonds. The Bertz CT molecular complexity index is 943. The summed E-state index contributed by atoms with van der Waals surface area (Å²) < 4.78 is 10.6. The van der Waals surface area contributed by atoms with E-state index in [0.717, 1.165) is 54.3 Å². The number of hydrogen-bond donors (Lipinski definition) is 0. The summed E-state index contributed by atoms with van der Waals surface area (Å²) in [4.78, 5) is 20.3. The lowest BCUT2D eigenvalue weighted by molar-refractivity contribution is 0.379. The van der Waals surface area contributed by atoms with Crippen molar-refractivity contribution in [3.05, 3.63) is 42.6 Å². The lowest BCUT2D eigenvalue weighted by Crippen LogP contribution is -2.30. The zero-order chi connectivity index (χ0) is 19.3. The van der Waals surface area contributed by atoms with Crippen molar-refractivity contribution in [3.8, 4) is 34.5 Å². The minimum Gasteiger partial charge on any atom is -0.467 e. The summed E-state index contributed by atoms with van der Waals surface area (Å²) in [6.45, 7) is 1.92. The van der Waals surface area contributed by atoms with Crippen molar-refractivity contribution in [2.45, 2.75) is 19.3 Å². The third-order valence-electron chi connectivity index (χ3n) is 4.82. The quantitative estimate of drug-likeness (QED) is 0.672. The third-order valence-corrected chi connectivity index (χ3v) is 4.82. The van der Waals surface area contributed by atoms with E-state index in [1.54, 1.807) is 20.4 Å². The molecule has 144 valence electrons. The zero-order valence-electron chi connectivity index (χ0n) is 16.1. The van der Waals surface area contributed by atoms with Gasteiger partial charge in [0.1, 0.15) is 5.82 Å². The minimum absolute atomic E-state index is 0.316. The lowest BCUT2D eigenvalue weighted by Gasteiger charge is -2.29. The normalized spacial score (nSPS) is 14.0. The molecule has 1 aliphatic heterocycles. The largest absolute Gasteiger partial charge is 0.467 e. The number of nitrogens with zero attached hydrogens (tertiary/aromatic N) is 5. The summed E-state index contributed by atoms with van der Waals surface area (Å²) in [5, 5.41) is 0. The van der Waals surface area contributed by atoms with Crippen molar-refractivity contribution in [1.82, 2.24) is 19.9 Å². The highest BCUT2D eigenvalue weighted by Gasteiger charge is 2.21. The average Bonchev–Trinajstić information content (AvgIpc) is 2.79.